The third-order valence-electron chi connectivity index (χ3n) is 2.39. The topological polar surface area (TPSA) is 89.0 Å². The zero-order chi connectivity index (χ0) is 13.7. The summed E-state index contributed by atoms with van der Waals surface area (Å²) in [5.41, 5.74) is 0.972. The van der Waals surface area contributed by atoms with Gasteiger partial charge in [0.1, 0.15) is 18.2 Å². The number of nitrogens with zero attached hydrogens (tertiary/aromatic N) is 3. The Morgan fingerprint density at radius 2 is 2.21 bits per heavy atom. The average molecular weight is 255 g/mol. The standard InChI is InChI=1S/C13H9N3O3/c14-8-11-4-2-6-15-13(11)19-9-10-3-1-5-12(7-10)16(17)18/h1-7H,9H2. The van der Waals surface area contributed by atoms with Gasteiger partial charge < -0.3 is 4.74 Å². The van der Waals surface area contributed by atoms with E-state index in [1.54, 1.807) is 24.3 Å². The first-order chi connectivity index (χ1) is 9.20. The van der Waals surface area contributed by atoms with Gasteiger partial charge in [-0.15, -0.1) is 0 Å². The number of aromatic nitrogens is 1. The highest BCUT2D eigenvalue weighted by Crippen LogP contribution is 2.17. The second kappa shape index (κ2) is 5.60. The average Bonchev–Trinajstić information content (AvgIpc) is 2.45. The molecule has 94 valence electrons. The van der Waals surface area contributed by atoms with Crippen LogP contribution in [0, 0.1) is 21.4 Å². The maximum Gasteiger partial charge on any atom is 0.269 e. The third kappa shape index (κ3) is 3.04. The van der Waals surface area contributed by atoms with Gasteiger partial charge in [-0.25, -0.2) is 4.98 Å². The first-order valence-electron chi connectivity index (χ1n) is 5.42. The number of nitriles is 1. The molecule has 0 unspecified atom stereocenters. The number of hydrogen-bond acceptors (Lipinski definition) is 5. The lowest BCUT2D eigenvalue weighted by Gasteiger charge is -2.06. The summed E-state index contributed by atoms with van der Waals surface area (Å²) in [7, 11) is 0. The predicted molar refractivity (Wildman–Crippen MR) is 66.4 cm³/mol. The summed E-state index contributed by atoms with van der Waals surface area (Å²) in [5, 5.41) is 19.5. The Morgan fingerprint density at radius 1 is 1.37 bits per heavy atom. The summed E-state index contributed by atoms with van der Waals surface area (Å²) in [6.07, 6.45) is 1.52. The molecule has 0 aliphatic carbocycles. The summed E-state index contributed by atoms with van der Waals surface area (Å²) in [6.45, 7) is 0.118. The van der Waals surface area contributed by atoms with Gasteiger partial charge in [-0.05, 0) is 17.7 Å². The lowest BCUT2D eigenvalue weighted by molar-refractivity contribution is -0.384. The molecule has 0 atom stereocenters. The van der Waals surface area contributed by atoms with Crippen molar-refractivity contribution in [2.75, 3.05) is 0 Å². The summed E-state index contributed by atoms with van der Waals surface area (Å²) < 4.78 is 5.39. The third-order valence-corrected chi connectivity index (χ3v) is 2.39. The molecule has 0 radical (unpaired) electrons. The minimum Gasteiger partial charge on any atom is -0.472 e. The molecule has 1 aromatic carbocycles. The van der Waals surface area contributed by atoms with Gasteiger partial charge in [0, 0.05) is 18.3 Å². The van der Waals surface area contributed by atoms with Crippen LogP contribution in [-0.4, -0.2) is 9.91 Å². The Morgan fingerprint density at radius 3 is 2.95 bits per heavy atom. The summed E-state index contributed by atoms with van der Waals surface area (Å²) in [4.78, 5) is 14.1. The molecule has 0 amide bonds. The highest BCUT2D eigenvalue weighted by Gasteiger charge is 2.08. The lowest BCUT2D eigenvalue weighted by Crippen LogP contribution is -2.00. The molecule has 2 aromatic rings. The van der Waals surface area contributed by atoms with E-state index in [2.05, 4.69) is 4.98 Å². The zero-order valence-corrected chi connectivity index (χ0v) is 9.81. The van der Waals surface area contributed by atoms with E-state index < -0.39 is 4.92 Å². The molecule has 0 N–H and O–H groups in total. The number of non-ortho nitro benzene ring substituents is 1. The van der Waals surface area contributed by atoms with E-state index in [0.29, 0.717) is 11.1 Å². The molecule has 0 saturated heterocycles. The summed E-state index contributed by atoms with van der Waals surface area (Å²) in [5.74, 6) is 0.219. The van der Waals surface area contributed by atoms with Gasteiger partial charge in [0.05, 0.1) is 4.92 Å². The van der Waals surface area contributed by atoms with Crippen LogP contribution in [0.3, 0.4) is 0 Å². The molecular formula is C13H9N3O3. The van der Waals surface area contributed by atoms with Crippen LogP contribution in [0.4, 0.5) is 5.69 Å². The molecule has 6 heteroatoms. The zero-order valence-electron chi connectivity index (χ0n) is 9.81. The van der Waals surface area contributed by atoms with Crippen LogP contribution < -0.4 is 4.74 Å². The van der Waals surface area contributed by atoms with E-state index in [1.165, 1.54) is 18.3 Å². The second-order valence-corrected chi connectivity index (χ2v) is 3.68. The molecule has 0 aliphatic rings. The van der Waals surface area contributed by atoms with Gasteiger partial charge in [0.25, 0.3) is 5.69 Å². The monoisotopic (exact) mass is 255 g/mol. The van der Waals surface area contributed by atoms with Crippen molar-refractivity contribution in [2.24, 2.45) is 0 Å². The van der Waals surface area contributed by atoms with Crippen molar-refractivity contribution in [1.29, 1.82) is 5.26 Å². The maximum atomic E-state index is 10.6. The first-order valence-corrected chi connectivity index (χ1v) is 5.42. The number of rotatable bonds is 4. The number of nitro groups is 1. The molecule has 1 aromatic heterocycles. The Bertz CT molecular complexity index is 650. The van der Waals surface area contributed by atoms with Crippen molar-refractivity contribution in [3.63, 3.8) is 0 Å². The number of nitro benzene ring substituents is 1. The van der Waals surface area contributed by atoms with Gasteiger partial charge in [-0.3, -0.25) is 10.1 Å². The van der Waals surface area contributed by atoms with Crippen molar-refractivity contribution in [3.8, 4) is 11.9 Å². The van der Waals surface area contributed by atoms with Crippen LogP contribution >= 0.6 is 0 Å². The van der Waals surface area contributed by atoms with Crippen LogP contribution in [0.1, 0.15) is 11.1 Å². The smallest absolute Gasteiger partial charge is 0.269 e. The Labute approximate surface area is 109 Å². The number of hydrogen-bond donors (Lipinski definition) is 0. The van der Waals surface area contributed by atoms with Gasteiger partial charge in [0.2, 0.25) is 5.88 Å². The van der Waals surface area contributed by atoms with Gasteiger partial charge in [0.15, 0.2) is 0 Å². The fraction of sp³-hybridized carbons (Fsp3) is 0.0769. The van der Waals surface area contributed by atoms with Crippen molar-refractivity contribution in [3.05, 3.63) is 63.8 Å². The molecule has 2 rings (SSSR count). The molecule has 19 heavy (non-hydrogen) atoms. The van der Waals surface area contributed by atoms with Crippen molar-refractivity contribution in [1.82, 2.24) is 4.98 Å². The quantitative estimate of drug-likeness (QED) is 0.618. The lowest BCUT2D eigenvalue weighted by atomic mass is 10.2. The fourth-order valence-electron chi connectivity index (χ4n) is 1.50. The minimum absolute atomic E-state index is 0.00243. The fourth-order valence-corrected chi connectivity index (χ4v) is 1.50. The molecule has 0 saturated carbocycles. The van der Waals surface area contributed by atoms with E-state index in [9.17, 15) is 10.1 Å². The van der Waals surface area contributed by atoms with Crippen molar-refractivity contribution >= 4 is 5.69 Å². The largest absolute Gasteiger partial charge is 0.472 e. The van der Waals surface area contributed by atoms with Gasteiger partial charge in [-0.1, -0.05) is 12.1 Å². The van der Waals surface area contributed by atoms with Gasteiger partial charge in [-0.2, -0.15) is 5.26 Å². The highest BCUT2D eigenvalue weighted by molar-refractivity contribution is 5.38. The van der Waals surface area contributed by atoms with Crippen molar-refractivity contribution in [2.45, 2.75) is 6.61 Å². The number of ether oxygens (including phenoxy) is 1. The molecule has 0 aliphatic heterocycles. The van der Waals surface area contributed by atoms with Crippen LogP contribution in [0.5, 0.6) is 5.88 Å². The number of pyridine rings is 1. The minimum atomic E-state index is -0.467. The number of benzene rings is 1. The normalized spacial score (nSPS) is 9.63. The molecule has 0 bridgehead atoms. The summed E-state index contributed by atoms with van der Waals surface area (Å²) in [6, 6.07) is 11.3. The molecule has 1 heterocycles. The summed E-state index contributed by atoms with van der Waals surface area (Å²) >= 11 is 0. The molecular weight excluding hydrogens is 246 g/mol. The van der Waals surface area contributed by atoms with E-state index in [0.717, 1.165) is 0 Å². The molecule has 6 nitrogen and oxygen atoms in total. The van der Waals surface area contributed by atoms with E-state index in [4.69, 9.17) is 10.00 Å². The van der Waals surface area contributed by atoms with Crippen LogP contribution in [0.15, 0.2) is 42.6 Å². The van der Waals surface area contributed by atoms with Crippen molar-refractivity contribution < 1.29 is 9.66 Å². The van der Waals surface area contributed by atoms with E-state index >= 15 is 0 Å². The highest BCUT2D eigenvalue weighted by atomic mass is 16.6. The predicted octanol–water partition coefficient (Wildman–Crippen LogP) is 2.44. The van der Waals surface area contributed by atoms with Gasteiger partial charge >= 0.3 is 0 Å². The Hall–Kier alpha value is -2.94. The van der Waals surface area contributed by atoms with Crippen LogP contribution in [-0.2, 0) is 6.61 Å². The first kappa shape index (κ1) is 12.5. The van der Waals surface area contributed by atoms with E-state index in [-0.39, 0.29) is 18.2 Å². The molecule has 0 spiro atoms. The Balaban J connectivity index is 2.13. The maximum absolute atomic E-state index is 10.6. The second-order valence-electron chi connectivity index (χ2n) is 3.68. The van der Waals surface area contributed by atoms with Crippen LogP contribution in [0.25, 0.3) is 0 Å². The Kier molecular flexibility index (Phi) is 3.69. The van der Waals surface area contributed by atoms with Crippen LogP contribution in [0.2, 0.25) is 0 Å². The van der Waals surface area contributed by atoms with E-state index in [1.807, 2.05) is 6.07 Å². The molecule has 0 fully saturated rings. The SMILES string of the molecule is N#Cc1cccnc1OCc1cccc([N+](=O)[O-])c1.